The fourth-order valence-corrected chi connectivity index (χ4v) is 3.93. The maximum atomic E-state index is 13.3. The zero-order valence-electron chi connectivity index (χ0n) is 17.4. The van der Waals surface area contributed by atoms with Gasteiger partial charge in [0.1, 0.15) is 11.6 Å². The summed E-state index contributed by atoms with van der Waals surface area (Å²) in [6.07, 6.45) is 4.29. The lowest BCUT2D eigenvalue weighted by molar-refractivity contribution is 0.174. The summed E-state index contributed by atoms with van der Waals surface area (Å²) in [4.78, 5) is 19.4. The average molecular weight is 420 g/mol. The van der Waals surface area contributed by atoms with E-state index in [1.54, 1.807) is 11.0 Å². The lowest BCUT2D eigenvalue weighted by Crippen LogP contribution is -2.35. The van der Waals surface area contributed by atoms with Crippen molar-refractivity contribution in [2.75, 3.05) is 17.0 Å². The van der Waals surface area contributed by atoms with Crippen molar-refractivity contribution >= 4 is 17.5 Å². The maximum Gasteiger partial charge on any atom is 0.327 e. The van der Waals surface area contributed by atoms with Gasteiger partial charge in [0.2, 0.25) is 6.79 Å². The molecule has 0 atom stereocenters. The topological polar surface area (TPSA) is 94.4 Å². The molecule has 1 N–H and O–H groups in total. The number of hydrogen-bond donors (Lipinski definition) is 1. The molecule has 4 heterocycles. The summed E-state index contributed by atoms with van der Waals surface area (Å²) in [5, 5.41) is 11.7. The van der Waals surface area contributed by atoms with E-state index in [-0.39, 0.29) is 19.4 Å². The molecule has 9 heteroatoms. The lowest BCUT2D eigenvalue weighted by Gasteiger charge is -2.23. The van der Waals surface area contributed by atoms with Crippen LogP contribution in [0.3, 0.4) is 0 Å². The monoisotopic (exact) mass is 420 g/mol. The number of hydrogen-bond acceptors (Lipinski definition) is 6. The van der Waals surface area contributed by atoms with Crippen LogP contribution in [-0.2, 0) is 19.5 Å². The largest absolute Gasteiger partial charge is 0.454 e. The SMILES string of the molecule is Cc1cccc(NC(=O)N(Cc2nnc3n2CCCCC3)c2ccc3c(c2)OCO3)n1. The number of nitrogens with one attached hydrogen (secondary N) is 1. The number of carbonyl (C=O) groups is 1. The molecule has 0 unspecified atom stereocenters. The summed E-state index contributed by atoms with van der Waals surface area (Å²) < 4.78 is 13.1. The van der Waals surface area contributed by atoms with Crippen molar-refractivity contribution in [1.29, 1.82) is 0 Å². The highest BCUT2D eigenvalue weighted by molar-refractivity contribution is 6.01. The molecule has 0 spiro atoms. The molecule has 0 saturated heterocycles. The first-order valence-electron chi connectivity index (χ1n) is 10.5. The smallest absolute Gasteiger partial charge is 0.327 e. The minimum absolute atomic E-state index is 0.176. The predicted molar refractivity (Wildman–Crippen MR) is 114 cm³/mol. The van der Waals surface area contributed by atoms with Crippen molar-refractivity contribution in [3.05, 3.63) is 53.7 Å². The summed E-state index contributed by atoms with van der Waals surface area (Å²) >= 11 is 0. The molecule has 0 fully saturated rings. The van der Waals surface area contributed by atoms with Gasteiger partial charge in [-0.2, -0.15) is 0 Å². The number of rotatable bonds is 4. The Morgan fingerprint density at radius 2 is 2.03 bits per heavy atom. The van der Waals surface area contributed by atoms with Gasteiger partial charge in [-0.15, -0.1) is 10.2 Å². The highest BCUT2D eigenvalue weighted by Gasteiger charge is 2.24. The standard InChI is InChI=1S/C22H24N6O3/c1-15-6-5-7-19(23-15)24-22(29)28(16-9-10-17-18(12-16)31-14-30-17)13-21-26-25-20-8-3-2-4-11-27(20)21/h5-7,9-10,12H,2-4,8,11,13-14H2,1H3,(H,23,24,29). The highest BCUT2D eigenvalue weighted by Crippen LogP contribution is 2.36. The second-order valence-corrected chi connectivity index (χ2v) is 7.71. The van der Waals surface area contributed by atoms with Gasteiger partial charge in [0.05, 0.1) is 6.54 Å². The van der Waals surface area contributed by atoms with Gasteiger partial charge >= 0.3 is 6.03 Å². The number of benzene rings is 1. The number of carbonyl (C=O) groups excluding carboxylic acids is 1. The molecule has 2 aromatic heterocycles. The third kappa shape index (κ3) is 4.03. The molecule has 31 heavy (non-hydrogen) atoms. The van der Waals surface area contributed by atoms with E-state index < -0.39 is 0 Å². The Bertz CT molecular complexity index is 1110. The Morgan fingerprint density at radius 1 is 1.13 bits per heavy atom. The lowest BCUT2D eigenvalue weighted by atomic mass is 10.2. The second kappa shape index (κ2) is 8.25. The van der Waals surface area contributed by atoms with E-state index >= 15 is 0 Å². The fourth-order valence-electron chi connectivity index (χ4n) is 3.93. The summed E-state index contributed by atoms with van der Waals surface area (Å²) in [5.41, 5.74) is 1.51. The quantitative estimate of drug-likeness (QED) is 0.692. The molecule has 1 aromatic carbocycles. The summed E-state index contributed by atoms with van der Waals surface area (Å²) in [7, 11) is 0. The first-order valence-corrected chi connectivity index (χ1v) is 10.5. The van der Waals surface area contributed by atoms with Crippen LogP contribution < -0.4 is 19.7 Å². The van der Waals surface area contributed by atoms with Gasteiger partial charge in [-0.3, -0.25) is 10.2 Å². The molecular weight excluding hydrogens is 396 g/mol. The molecule has 3 aromatic rings. The van der Waals surface area contributed by atoms with Crippen molar-refractivity contribution in [3.63, 3.8) is 0 Å². The number of aryl methyl sites for hydroxylation is 2. The summed E-state index contributed by atoms with van der Waals surface area (Å²) in [6.45, 7) is 3.21. The predicted octanol–water partition coefficient (Wildman–Crippen LogP) is 3.68. The molecule has 0 saturated carbocycles. The Morgan fingerprint density at radius 3 is 2.94 bits per heavy atom. The zero-order chi connectivity index (χ0) is 21.2. The Balaban J connectivity index is 1.47. The first kappa shape index (κ1) is 19.3. The number of amides is 2. The van der Waals surface area contributed by atoms with Crippen LogP contribution in [0.4, 0.5) is 16.3 Å². The van der Waals surface area contributed by atoms with Gasteiger partial charge in [0.25, 0.3) is 0 Å². The van der Waals surface area contributed by atoms with Gasteiger partial charge in [-0.25, -0.2) is 9.78 Å². The van der Waals surface area contributed by atoms with E-state index in [9.17, 15) is 4.79 Å². The van der Waals surface area contributed by atoms with Crippen LogP contribution in [0.2, 0.25) is 0 Å². The normalized spacial score (nSPS) is 14.6. The van der Waals surface area contributed by atoms with E-state index in [0.29, 0.717) is 23.0 Å². The molecule has 2 aliphatic heterocycles. The zero-order valence-corrected chi connectivity index (χ0v) is 17.4. The van der Waals surface area contributed by atoms with E-state index in [1.165, 1.54) is 6.42 Å². The highest BCUT2D eigenvalue weighted by atomic mass is 16.7. The van der Waals surface area contributed by atoms with Crippen LogP contribution in [0.25, 0.3) is 0 Å². The number of pyridine rings is 1. The van der Waals surface area contributed by atoms with Crippen LogP contribution in [0.5, 0.6) is 11.5 Å². The average Bonchev–Trinajstić information content (AvgIpc) is 3.31. The van der Waals surface area contributed by atoms with E-state index in [1.807, 2.05) is 37.3 Å². The number of nitrogens with zero attached hydrogens (tertiary/aromatic N) is 5. The van der Waals surface area contributed by atoms with Crippen molar-refractivity contribution < 1.29 is 14.3 Å². The number of ether oxygens (including phenoxy) is 2. The maximum absolute atomic E-state index is 13.3. The van der Waals surface area contributed by atoms with Crippen molar-refractivity contribution in [1.82, 2.24) is 19.7 Å². The number of anilines is 2. The van der Waals surface area contributed by atoms with Crippen molar-refractivity contribution in [2.45, 2.75) is 45.7 Å². The molecule has 160 valence electrons. The van der Waals surface area contributed by atoms with Crippen molar-refractivity contribution in [3.8, 4) is 11.5 Å². The number of fused-ring (bicyclic) bond motifs is 2. The Hall–Kier alpha value is -3.62. The van der Waals surface area contributed by atoms with Gasteiger partial charge in [0.15, 0.2) is 17.3 Å². The second-order valence-electron chi connectivity index (χ2n) is 7.71. The van der Waals surface area contributed by atoms with Gasteiger partial charge in [0, 0.05) is 30.4 Å². The molecule has 2 aliphatic rings. The van der Waals surface area contributed by atoms with Crippen LogP contribution in [0, 0.1) is 6.92 Å². The third-order valence-electron chi connectivity index (χ3n) is 5.52. The van der Waals surface area contributed by atoms with Crippen molar-refractivity contribution in [2.24, 2.45) is 0 Å². The van der Waals surface area contributed by atoms with E-state index in [4.69, 9.17) is 9.47 Å². The summed E-state index contributed by atoms with van der Waals surface area (Å²) in [6, 6.07) is 10.7. The van der Waals surface area contributed by atoms with E-state index in [2.05, 4.69) is 25.1 Å². The van der Waals surface area contributed by atoms with Crippen LogP contribution in [0.15, 0.2) is 36.4 Å². The minimum Gasteiger partial charge on any atom is -0.454 e. The number of urea groups is 1. The van der Waals surface area contributed by atoms with Crippen LogP contribution >= 0.6 is 0 Å². The van der Waals surface area contributed by atoms with Crippen LogP contribution in [0.1, 0.15) is 36.6 Å². The summed E-state index contributed by atoms with van der Waals surface area (Å²) in [5.74, 6) is 3.53. The van der Waals surface area contributed by atoms with Gasteiger partial charge < -0.3 is 14.0 Å². The molecule has 5 rings (SSSR count). The van der Waals surface area contributed by atoms with Gasteiger partial charge in [-0.05, 0) is 44.0 Å². The first-order chi connectivity index (χ1) is 15.2. The molecular formula is C22H24N6O3. The Labute approximate surface area is 180 Å². The molecule has 9 nitrogen and oxygen atoms in total. The number of aromatic nitrogens is 4. The third-order valence-corrected chi connectivity index (χ3v) is 5.52. The molecule has 0 aliphatic carbocycles. The Kier molecular flexibility index (Phi) is 5.15. The molecule has 0 radical (unpaired) electrons. The van der Waals surface area contributed by atoms with Crippen LogP contribution in [-0.4, -0.2) is 32.6 Å². The van der Waals surface area contributed by atoms with E-state index in [0.717, 1.165) is 43.1 Å². The molecule has 0 bridgehead atoms. The molecule has 2 amide bonds. The van der Waals surface area contributed by atoms with Gasteiger partial charge in [-0.1, -0.05) is 12.5 Å². The fraction of sp³-hybridized carbons (Fsp3) is 0.364. The minimum atomic E-state index is -0.303.